The SMILES string of the molecule is CC(NC(=O)Cc1csc(-c2ccsc2)n1)c1ncc[nH]1. The molecule has 3 aromatic heterocycles. The van der Waals surface area contributed by atoms with Crippen LogP contribution in [-0.4, -0.2) is 20.9 Å². The van der Waals surface area contributed by atoms with Gasteiger partial charge < -0.3 is 10.3 Å². The third-order valence-corrected chi connectivity index (χ3v) is 4.59. The van der Waals surface area contributed by atoms with Crippen LogP contribution < -0.4 is 5.32 Å². The van der Waals surface area contributed by atoms with Crippen LogP contribution in [0, 0.1) is 0 Å². The van der Waals surface area contributed by atoms with Gasteiger partial charge in [0.15, 0.2) is 0 Å². The summed E-state index contributed by atoms with van der Waals surface area (Å²) in [5.74, 6) is 0.696. The topological polar surface area (TPSA) is 70.7 Å². The average molecular weight is 318 g/mol. The molecule has 7 heteroatoms. The van der Waals surface area contributed by atoms with Gasteiger partial charge in [0, 0.05) is 28.7 Å². The molecule has 0 spiro atoms. The molecule has 3 aromatic rings. The van der Waals surface area contributed by atoms with Gasteiger partial charge >= 0.3 is 0 Å². The zero-order chi connectivity index (χ0) is 14.7. The molecule has 0 aliphatic heterocycles. The van der Waals surface area contributed by atoms with E-state index in [4.69, 9.17) is 0 Å². The molecule has 0 aliphatic rings. The molecule has 1 amide bonds. The van der Waals surface area contributed by atoms with E-state index >= 15 is 0 Å². The quantitative estimate of drug-likeness (QED) is 0.759. The molecule has 1 unspecified atom stereocenters. The molecule has 0 saturated heterocycles. The molecule has 3 heterocycles. The van der Waals surface area contributed by atoms with E-state index in [9.17, 15) is 4.79 Å². The second-order valence-electron chi connectivity index (χ2n) is 4.60. The number of aromatic amines is 1. The third-order valence-electron chi connectivity index (χ3n) is 2.97. The van der Waals surface area contributed by atoms with Gasteiger partial charge in [0.25, 0.3) is 0 Å². The zero-order valence-corrected chi connectivity index (χ0v) is 13.0. The van der Waals surface area contributed by atoms with Gasteiger partial charge in [-0.3, -0.25) is 4.79 Å². The van der Waals surface area contributed by atoms with Crippen molar-refractivity contribution < 1.29 is 4.79 Å². The van der Waals surface area contributed by atoms with Crippen molar-refractivity contribution in [2.75, 3.05) is 0 Å². The Hall–Kier alpha value is -1.99. The minimum Gasteiger partial charge on any atom is -0.347 e. The lowest BCUT2D eigenvalue weighted by Crippen LogP contribution is -2.28. The highest BCUT2D eigenvalue weighted by atomic mass is 32.1. The normalized spacial score (nSPS) is 12.2. The molecule has 0 aromatic carbocycles. The number of hydrogen-bond acceptors (Lipinski definition) is 5. The summed E-state index contributed by atoms with van der Waals surface area (Å²) in [4.78, 5) is 23.7. The Kier molecular flexibility index (Phi) is 4.12. The Labute approximate surface area is 130 Å². The smallest absolute Gasteiger partial charge is 0.226 e. The minimum atomic E-state index is -0.137. The Bertz CT molecular complexity index is 703. The number of nitrogens with one attached hydrogen (secondary N) is 2. The molecular weight excluding hydrogens is 304 g/mol. The van der Waals surface area contributed by atoms with Gasteiger partial charge in [0.05, 0.1) is 18.2 Å². The molecule has 0 fully saturated rings. The fourth-order valence-electron chi connectivity index (χ4n) is 1.95. The Morgan fingerprint density at radius 2 is 2.38 bits per heavy atom. The van der Waals surface area contributed by atoms with Gasteiger partial charge in [-0.2, -0.15) is 11.3 Å². The van der Waals surface area contributed by atoms with Crippen LogP contribution in [0.2, 0.25) is 0 Å². The Balaban J connectivity index is 1.60. The first-order valence-electron chi connectivity index (χ1n) is 6.48. The summed E-state index contributed by atoms with van der Waals surface area (Å²) in [5.41, 5.74) is 1.91. The van der Waals surface area contributed by atoms with E-state index in [0.29, 0.717) is 0 Å². The summed E-state index contributed by atoms with van der Waals surface area (Å²) < 4.78 is 0. The fraction of sp³-hybridized carbons (Fsp3) is 0.214. The first-order chi connectivity index (χ1) is 10.2. The lowest BCUT2D eigenvalue weighted by Gasteiger charge is -2.10. The van der Waals surface area contributed by atoms with Crippen LogP contribution in [0.25, 0.3) is 10.6 Å². The molecule has 0 saturated carbocycles. The van der Waals surface area contributed by atoms with E-state index in [0.717, 1.165) is 22.1 Å². The van der Waals surface area contributed by atoms with E-state index < -0.39 is 0 Å². The Morgan fingerprint density at radius 3 is 3.10 bits per heavy atom. The molecule has 21 heavy (non-hydrogen) atoms. The maximum absolute atomic E-state index is 12.0. The van der Waals surface area contributed by atoms with Crippen molar-refractivity contribution in [3.8, 4) is 10.6 Å². The van der Waals surface area contributed by atoms with E-state index in [-0.39, 0.29) is 18.4 Å². The van der Waals surface area contributed by atoms with E-state index in [1.54, 1.807) is 35.1 Å². The number of nitrogens with zero attached hydrogens (tertiary/aromatic N) is 2. The van der Waals surface area contributed by atoms with E-state index in [1.807, 2.05) is 23.8 Å². The van der Waals surface area contributed by atoms with Crippen molar-refractivity contribution >= 4 is 28.6 Å². The van der Waals surface area contributed by atoms with Gasteiger partial charge in [-0.1, -0.05) is 0 Å². The van der Waals surface area contributed by atoms with Gasteiger partial charge in [0.2, 0.25) is 5.91 Å². The summed E-state index contributed by atoms with van der Waals surface area (Å²) in [7, 11) is 0. The number of thiophene rings is 1. The van der Waals surface area contributed by atoms with Crippen molar-refractivity contribution in [2.24, 2.45) is 0 Å². The number of carbonyl (C=O) groups is 1. The van der Waals surface area contributed by atoms with Crippen LogP contribution in [0.1, 0.15) is 24.5 Å². The highest BCUT2D eigenvalue weighted by Gasteiger charge is 2.13. The van der Waals surface area contributed by atoms with Crippen LogP contribution in [0.15, 0.2) is 34.6 Å². The standard InChI is InChI=1S/C14H14N4OS2/c1-9(13-15-3-4-16-13)17-12(19)6-11-8-21-14(18-11)10-2-5-20-7-10/h2-5,7-9H,6H2,1H3,(H,15,16)(H,17,19). The molecule has 5 nitrogen and oxygen atoms in total. The number of amides is 1. The second-order valence-corrected chi connectivity index (χ2v) is 6.23. The number of rotatable bonds is 5. The molecule has 0 radical (unpaired) electrons. The maximum Gasteiger partial charge on any atom is 0.226 e. The molecule has 0 aliphatic carbocycles. The summed E-state index contributed by atoms with van der Waals surface area (Å²) in [6.07, 6.45) is 3.70. The summed E-state index contributed by atoms with van der Waals surface area (Å²) in [5, 5.41) is 9.88. The van der Waals surface area contributed by atoms with Crippen molar-refractivity contribution in [3.63, 3.8) is 0 Å². The largest absolute Gasteiger partial charge is 0.347 e. The van der Waals surface area contributed by atoms with Gasteiger partial charge in [-0.25, -0.2) is 9.97 Å². The van der Waals surface area contributed by atoms with E-state index in [2.05, 4.69) is 25.6 Å². The van der Waals surface area contributed by atoms with Crippen molar-refractivity contribution in [2.45, 2.75) is 19.4 Å². The highest BCUT2D eigenvalue weighted by Crippen LogP contribution is 2.25. The molecule has 1 atom stereocenters. The van der Waals surface area contributed by atoms with Crippen molar-refractivity contribution in [1.29, 1.82) is 0 Å². The molecular formula is C14H14N4OS2. The van der Waals surface area contributed by atoms with Crippen LogP contribution in [0.3, 0.4) is 0 Å². The van der Waals surface area contributed by atoms with E-state index in [1.165, 1.54) is 0 Å². The first kappa shape index (κ1) is 14.0. The van der Waals surface area contributed by atoms with Gasteiger partial charge in [-0.15, -0.1) is 11.3 Å². The molecule has 2 N–H and O–H groups in total. The number of aromatic nitrogens is 3. The van der Waals surface area contributed by atoms with Gasteiger partial charge in [0.1, 0.15) is 10.8 Å². The van der Waals surface area contributed by atoms with Crippen LogP contribution in [0.5, 0.6) is 0 Å². The lowest BCUT2D eigenvalue weighted by molar-refractivity contribution is -0.121. The van der Waals surface area contributed by atoms with Crippen molar-refractivity contribution in [3.05, 3.63) is 46.1 Å². The number of hydrogen-bond donors (Lipinski definition) is 2. The van der Waals surface area contributed by atoms with Gasteiger partial charge in [-0.05, 0) is 18.4 Å². The Morgan fingerprint density at radius 1 is 1.48 bits per heavy atom. The maximum atomic E-state index is 12.0. The van der Waals surface area contributed by atoms with Crippen LogP contribution >= 0.6 is 22.7 Å². The minimum absolute atomic E-state index is 0.0546. The number of carbonyl (C=O) groups excluding carboxylic acids is 1. The summed E-state index contributed by atoms with van der Waals surface area (Å²) in [6.45, 7) is 1.90. The zero-order valence-electron chi connectivity index (χ0n) is 11.4. The molecule has 108 valence electrons. The van der Waals surface area contributed by atoms with Crippen LogP contribution in [0.4, 0.5) is 0 Å². The molecule has 0 bridgehead atoms. The number of imidazole rings is 1. The molecule has 3 rings (SSSR count). The second kappa shape index (κ2) is 6.19. The number of thiazole rings is 1. The summed E-state index contributed by atoms with van der Waals surface area (Å²) in [6, 6.07) is 1.90. The number of H-pyrrole nitrogens is 1. The fourth-order valence-corrected chi connectivity index (χ4v) is 3.48. The predicted octanol–water partition coefficient (Wildman–Crippen LogP) is 3.01. The average Bonchev–Trinajstić information content (AvgIpc) is 3.21. The summed E-state index contributed by atoms with van der Waals surface area (Å²) >= 11 is 3.20. The highest BCUT2D eigenvalue weighted by molar-refractivity contribution is 7.14. The predicted molar refractivity (Wildman–Crippen MR) is 84.3 cm³/mol. The lowest BCUT2D eigenvalue weighted by atomic mass is 10.2. The van der Waals surface area contributed by atoms with Crippen LogP contribution in [-0.2, 0) is 11.2 Å². The first-order valence-corrected chi connectivity index (χ1v) is 8.30. The third kappa shape index (κ3) is 3.37. The monoisotopic (exact) mass is 318 g/mol. The van der Waals surface area contributed by atoms with Crippen molar-refractivity contribution in [1.82, 2.24) is 20.3 Å².